The Morgan fingerprint density at radius 2 is 1.88 bits per heavy atom. The first-order valence-corrected chi connectivity index (χ1v) is 4.90. The molecule has 17 heavy (non-hydrogen) atoms. The largest absolute Gasteiger partial charge is 0.445 e. The van der Waals surface area contributed by atoms with Crippen LogP contribution in [0, 0.1) is 13.8 Å². The van der Waals surface area contributed by atoms with Gasteiger partial charge in [-0.2, -0.15) is 13.2 Å². The molecule has 0 aliphatic carbocycles. The zero-order valence-electron chi connectivity index (χ0n) is 9.47. The Hall–Kier alpha value is -1.72. The summed E-state index contributed by atoms with van der Waals surface area (Å²) in [6.07, 6.45) is -4.56. The second kappa shape index (κ2) is 3.38. The van der Waals surface area contributed by atoms with Crippen LogP contribution in [0.3, 0.4) is 0 Å². The van der Waals surface area contributed by atoms with E-state index in [4.69, 9.17) is 4.42 Å². The summed E-state index contributed by atoms with van der Waals surface area (Å²) in [5.74, 6) is 0.339. The van der Waals surface area contributed by atoms with Crippen LogP contribution in [0.5, 0.6) is 0 Å². The van der Waals surface area contributed by atoms with Gasteiger partial charge in [-0.15, -0.1) is 0 Å². The van der Waals surface area contributed by atoms with Crippen molar-refractivity contribution in [3.63, 3.8) is 0 Å². The maximum absolute atomic E-state index is 12.9. The molecule has 2 aromatic heterocycles. The van der Waals surface area contributed by atoms with E-state index < -0.39 is 17.3 Å². The Morgan fingerprint density at radius 3 is 2.41 bits per heavy atom. The predicted molar refractivity (Wildman–Crippen MR) is 55.9 cm³/mol. The van der Waals surface area contributed by atoms with Gasteiger partial charge in [0.15, 0.2) is 0 Å². The van der Waals surface area contributed by atoms with E-state index in [1.165, 1.54) is 20.0 Å². The van der Waals surface area contributed by atoms with Crippen LogP contribution in [0.2, 0.25) is 0 Å². The van der Waals surface area contributed by atoms with Gasteiger partial charge in [0.1, 0.15) is 5.76 Å². The van der Waals surface area contributed by atoms with Crippen molar-refractivity contribution < 1.29 is 17.6 Å². The lowest BCUT2D eigenvalue weighted by atomic mass is 10.1. The molecule has 92 valence electrons. The van der Waals surface area contributed by atoms with Crippen molar-refractivity contribution >= 4 is 11.1 Å². The highest BCUT2D eigenvalue weighted by Crippen LogP contribution is 2.36. The molecule has 2 heterocycles. The van der Waals surface area contributed by atoms with E-state index in [9.17, 15) is 18.0 Å². The van der Waals surface area contributed by atoms with Crippen LogP contribution in [-0.2, 0) is 13.2 Å². The molecule has 0 N–H and O–H groups in total. The van der Waals surface area contributed by atoms with Gasteiger partial charge in [-0.05, 0) is 19.9 Å². The fraction of sp³-hybridized carbons (Fsp3) is 0.364. The van der Waals surface area contributed by atoms with Crippen LogP contribution >= 0.6 is 0 Å². The van der Waals surface area contributed by atoms with E-state index in [0.29, 0.717) is 5.76 Å². The number of halogens is 3. The van der Waals surface area contributed by atoms with Crippen LogP contribution < -0.4 is 5.56 Å². The first-order chi connectivity index (χ1) is 7.73. The third kappa shape index (κ3) is 1.64. The Balaban J connectivity index is 3.06. The molecule has 0 aliphatic heterocycles. The Morgan fingerprint density at radius 1 is 1.29 bits per heavy atom. The van der Waals surface area contributed by atoms with E-state index in [2.05, 4.69) is 0 Å². The molecular formula is C11H10F3NO2. The molecule has 2 rings (SSSR count). The van der Waals surface area contributed by atoms with Gasteiger partial charge < -0.3 is 4.42 Å². The standard InChI is InChI=1S/C11H10F3NO2/c1-5-4-7-8(11(12,13)14)6(2)9(16)15(3)10(7)17-5/h4H,1-3H3. The lowest BCUT2D eigenvalue weighted by molar-refractivity contribution is -0.136. The van der Waals surface area contributed by atoms with Gasteiger partial charge in [0.05, 0.1) is 10.9 Å². The van der Waals surface area contributed by atoms with Crippen LogP contribution in [0.1, 0.15) is 16.9 Å². The van der Waals surface area contributed by atoms with Gasteiger partial charge in [-0.1, -0.05) is 0 Å². The quantitative estimate of drug-likeness (QED) is 0.715. The van der Waals surface area contributed by atoms with E-state index in [-0.39, 0.29) is 16.7 Å². The molecule has 0 radical (unpaired) electrons. The topological polar surface area (TPSA) is 35.1 Å². The highest BCUT2D eigenvalue weighted by atomic mass is 19.4. The van der Waals surface area contributed by atoms with Crippen molar-refractivity contribution in [2.45, 2.75) is 20.0 Å². The van der Waals surface area contributed by atoms with Crippen LogP contribution in [0.15, 0.2) is 15.3 Å². The number of fused-ring (bicyclic) bond motifs is 1. The number of rotatable bonds is 0. The van der Waals surface area contributed by atoms with E-state index in [1.54, 1.807) is 6.92 Å². The Bertz CT molecular complexity index is 649. The molecule has 0 aliphatic rings. The van der Waals surface area contributed by atoms with Crippen LogP contribution in [0.25, 0.3) is 11.1 Å². The second-order valence-electron chi connectivity index (χ2n) is 3.94. The van der Waals surface area contributed by atoms with Crippen LogP contribution in [-0.4, -0.2) is 4.57 Å². The summed E-state index contributed by atoms with van der Waals surface area (Å²) >= 11 is 0. The summed E-state index contributed by atoms with van der Waals surface area (Å²) in [7, 11) is 1.39. The molecule has 2 aromatic rings. The fourth-order valence-electron chi connectivity index (χ4n) is 1.95. The van der Waals surface area contributed by atoms with Crippen molar-refractivity contribution in [2.24, 2.45) is 7.05 Å². The van der Waals surface area contributed by atoms with Gasteiger partial charge >= 0.3 is 6.18 Å². The number of pyridine rings is 1. The molecule has 0 bridgehead atoms. The Labute approximate surface area is 94.5 Å². The molecule has 0 fully saturated rings. The smallest absolute Gasteiger partial charge is 0.417 e. The summed E-state index contributed by atoms with van der Waals surface area (Å²) in [4.78, 5) is 11.7. The third-order valence-electron chi connectivity index (χ3n) is 2.69. The molecule has 0 atom stereocenters. The second-order valence-corrected chi connectivity index (χ2v) is 3.94. The number of alkyl halides is 3. The number of furan rings is 1. The minimum Gasteiger partial charge on any atom is -0.445 e. The summed E-state index contributed by atoms with van der Waals surface area (Å²) in [6.45, 7) is 2.72. The average molecular weight is 245 g/mol. The average Bonchev–Trinajstić information content (AvgIpc) is 2.54. The van der Waals surface area contributed by atoms with Gasteiger partial charge in [-0.3, -0.25) is 9.36 Å². The van der Waals surface area contributed by atoms with Crippen molar-refractivity contribution in [3.05, 3.63) is 33.3 Å². The summed E-state index contributed by atoms with van der Waals surface area (Å²) in [6, 6.07) is 1.30. The van der Waals surface area contributed by atoms with Gasteiger partial charge in [0, 0.05) is 12.6 Å². The zero-order chi connectivity index (χ0) is 13.0. The molecule has 0 saturated carbocycles. The molecule has 3 nitrogen and oxygen atoms in total. The lowest BCUT2D eigenvalue weighted by Crippen LogP contribution is -2.24. The van der Waals surface area contributed by atoms with Crippen molar-refractivity contribution in [3.8, 4) is 0 Å². The van der Waals surface area contributed by atoms with Gasteiger partial charge in [0.25, 0.3) is 5.56 Å². The minimum absolute atomic E-state index is 0.0505. The van der Waals surface area contributed by atoms with Crippen molar-refractivity contribution in [1.82, 2.24) is 4.57 Å². The predicted octanol–water partition coefficient (Wildman–Crippen LogP) is 2.77. The summed E-state index contributed by atoms with van der Waals surface area (Å²) in [5.41, 5.74) is -1.97. The maximum Gasteiger partial charge on any atom is 0.417 e. The number of nitrogens with zero attached hydrogens (tertiary/aromatic N) is 1. The number of aromatic nitrogens is 1. The van der Waals surface area contributed by atoms with Gasteiger partial charge in [0.2, 0.25) is 5.71 Å². The fourth-order valence-corrected chi connectivity index (χ4v) is 1.95. The van der Waals surface area contributed by atoms with Crippen molar-refractivity contribution in [1.29, 1.82) is 0 Å². The maximum atomic E-state index is 12.9. The molecule has 6 heteroatoms. The number of aryl methyl sites for hydroxylation is 2. The molecular weight excluding hydrogens is 235 g/mol. The molecule has 0 unspecified atom stereocenters. The summed E-state index contributed by atoms with van der Waals surface area (Å²) < 4.78 is 45.0. The lowest BCUT2D eigenvalue weighted by Gasteiger charge is -2.12. The molecule has 0 aromatic carbocycles. The van der Waals surface area contributed by atoms with Crippen molar-refractivity contribution in [2.75, 3.05) is 0 Å². The first kappa shape index (κ1) is 11.8. The van der Waals surface area contributed by atoms with E-state index in [1.807, 2.05) is 0 Å². The minimum atomic E-state index is -4.56. The zero-order valence-corrected chi connectivity index (χ0v) is 9.47. The molecule has 0 spiro atoms. The summed E-state index contributed by atoms with van der Waals surface area (Å²) in [5, 5.41) is -0.0744. The molecule has 0 saturated heterocycles. The number of hydrogen-bond acceptors (Lipinski definition) is 2. The van der Waals surface area contributed by atoms with Crippen LogP contribution in [0.4, 0.5) is 13.2 Å². The van der Waals surface area contributed by atoms with E-state index >= 15 is 0 Å². The number of hydrogen-bond donors (Lipinski definition) is 0. The highest BCUT2D eigenvalue weighted by Gasteiger charge is 2.37. The highest BCUT2D eigenvalue weighted by molar-refractivity contribution is 5.80. The third-order valence-corrected chi connectivity index (χ3v) is 2.69. The monoisotopic (exact) mass is 245 g/mol. The van der Waals surface area contributed by atoms with Gasteiger partial charge in [-0.25, -0.2) is 0 Å². The first-order valence-electron chi connectivity index (χ1n) is 4.90. The van der Waals surface area contributed by atoms with E-state index in [0.717, 1.165) is 4.57 Å². The molecule has 0 amide bonds. The normalized spacial score (nSPS) is 12.4. The SMILES string of the molecule is Cc1cc2c(C(F)(F)F)c(C)c(=O)n(C)c2o1. The Kier molecular flexibility index (Phi) is 2.34.